The van der Waals surface area contributed by atoms with E-state index in [-0.39, 0.29) is 17.1 Å². The second kappa shape index (κ2) is 3.67. The van der Waals surface area contributed by atoms with Gasteiger partial charge in [0, 0.05) is 17.5 Å². The Hall–Kier alpha value is -1.95. The van der Waals surface area contributed by atoms with Crippen molar-refractivity contribution in [3.8, 4) is 0 Å². The molecule has 1 aromatic rings. The standard InChI is InChI=1S/C18H17NO5/c1-23-16(20)18-13-10-14(18)12-15(18)11(13)17(10,12)7-24-6-8-2-4-9(5-3-8)19(21)22/h2-5,10-15H,6-7H2,1H3. The Labute approximate surface area is 138 Å². The number of benzene rings is 1. The Kier molecular flexibility index (Phi) is 2.04. The maximum Gasteiger partial charge on any atom is 0.312 e. The summed E-state index contributed by atoms with van der Waals surface area (Å²) in [5.41, 5.74) is 1.35. The number of nitrogens with zero attached hydrogens (tertiary/aromatic N) is 1. The van der Waals surface area contributed by atoms with Crippen molar-refractivity contribution in [2.24, 2.45) is 46.3 Å². The highest BCUT2D eigenvalue weighted by molar-refractivity contribution is 5.88. The van der Waals surface area contributed by atoms with E-state index in [1.54, 1.807) is 12.1 Å². The molecule has 6 saturated carbocycles. The Balaban J connectivity index is 1.09. The summed E-state index contributed by atoms with van der Waals surface area (Å²) in [5, 5.41) is 10.7. The van der Waals surface area contributed by atoms with Crippen LogP contribution in [0.5, 0.6) is 0 Å². The molecule has 0 spiro atoms. The number of rotatable bonds is 6. The normalized spacial score (nSPS) is 49.5. The van der Waals surface area contributed by atoms with Gasteiger partial charge in [-0.1, -0.05) is 0 Å². The van der Waals surface area contributed by atoms with Crippen molar-refractivity contribution < 1.29 is 19.2 Å². The fraction of sp³-hybridized carbons (Fsp3) is 0.611. The Morgan fingerprint density at radius 2 is 1.71 bits per heavy atom. The van der Waals surface area contributed by atoms with E-state index in [0.717, 1.165) is 12.2 Å². The van der Waals surface area contributed by atoms with Gasteiger partial charge in [0.1, 0.15) is 0 Å². The first kappa shape index (κ1) is 13.4. The van der Waals surface area contributed by atoms with Crippen molar-refractivity contribution in [2.75, 3.05) is 13.7 Å². The van der Waals surface area contributed by atoms with E-state index >= 15 is 0 Å². The van der Waals surface area contributed by atoms with Gasteiger partial charge in [0.2, 0.25) is 0 Å². The van der Waals surface area contributed by atoms with Crippen LogP contribution in [0.15, 0.2) is 24.3 Å². The van der Waals surface area contributed by atoms with Crippen LogP contribution >= 0.6 is 0 Å². The maximum atomic E-state index is 12.1. The molecule has 0 atom stereocenters. The predicted molar refractivity (Wildman–Crippen MR) is 80.6 cm³/mol. The lowest BCUT2D eigenvalue weighted by molar-refractivity contribution is -0.647. The van der Waals surface area contributed by atoms with Gasteiger partial charge < -0.3 is 9.47 Å². The number of ether oxygens (including phenoxy) is 2. The minimum Gasteiger partial charge on any atom is -0.469 e. The molecule has 0 aromatic heterocycles. The maximum absolute atomic E-state index is 12.1. The Morgan fingerprint density at radius 3 is 2.21 bits per heavy atom. The molecule has 6 aliphatic carbocycles. The first-order valence-corrected chi connectivity index (χ1v) is 8.49. The van der Waals surface area contributed by atoms with E-state index in [1.807, 2.05) is 0 Å². The van der Waals surface area contributed by atoms with Gasteiger partial charge in [-0.25, -0.2) is 0 Å². The number of nitro groups is 1. The number of nitro benzene ring substituents is 1. The van der Waals surface area contributed by atoms with Gasteiger partial charge in [0.25, 0.3) is 5.69 Å². The first-order chi connectivity index (χ1) is 11.6. The summed E-state index contributed by atoms with van der Waals surface area (Å²) in [4.78, 5) is 22.3. The quantitative estimate of drug-likeness (QED) is 0.454. The van der Waals surface area contributed by atoms with Crippen molar-refractivity contribution >= 4 is 11.7 Å². The Morgan fingerprint density at radius 1 is 1.12 bits per heavy atom. The van der Waals surface area contributed by atoms with E-state index in [1.165, 1.54) is 19.2 Å². The van der Waals surface area contributed by atoms with Crippen LogP contribution in [0.4, 0.5) is 5.69 Å². The summed E-state index contributed by atoms with van der Waals surface area (Å²) in [6.07, 6.45) is 0. The molecule has 6 nitrogen and oxygen atoms in total. The molecule has 0 bridgehead atoms. The molecule has 6 heteroatoms. The van der Waals surface area contributed by atoms with Crippen LogP contribution in [-0.2, 0) is 20.9 Å². The zero-order valence-electron chi connectivity index (χ0n) is 13.2. The summed E-state index contributed by atoms with van der Waals surface area (Å²) < 4.78 is 11.0. The monoisotopic (exact) mass is 327 g/mol. The van der Waals surface area contributed by atoms with Crippen molar-refractivity contribution in [2.45, 2.75) is 6.61 Å². The lowest BCUT2D eigenvalue weighted by atomic mass is 8.92. The molecule has 124 valence electrons. The second-order valence-electron chi connectivity index (χ2n) is 8.11. The highest BCUT2D eigenvalue weighted by atomic mass is 16.6. The van der Waals surface area contributed by atoms with E-state index in [2.05, 4.69) is 0 Å². The molecule has 24 heavy (non-hydrogen) atoms. The smallest absolute Gasteiger partial charge is 0.312 e. The van der Waals surface area contributed by atoms with E-state index < -0.39 is 4.92 Å². The molecule has 0 saturated heterocycles. The molecule has 1 aromatic carbocycles. The van der Waals surface area contributed by atoms with Gasteiger partial charge in [0.05, 0.1) is 30.7 Å². The van der Waals surface area contributed by atoms with Gasteiger partial charge in [-0.2, -0.15) is 0 Å². The number of carbonyl (C=O) groups is 1. The minimum absolute atomic E-state index is 0.0337. The SMILES string of the molecule is COC(=O)C12C3C4C1C1C2C3C41COCc1ccc([N+](=O)[O-])cc1. The lowest BCUT2D eigenvalue weighted by Crippen LogP contribution is -3.11. The van der Waals surface area contributed by atoms with E-state index in [4.69, 9.17) is 9.47 Å². The molecule has 0 aliphatic heterocycles. The zero-order valence-corrected chi connectivity index (χ0v) is 13.2. The molecular formula is C18H17NO5. The molecule has 7 rings (SSSR count). The molecule has 0 unspecified atom stereocenters. The zero-order chi connectivity index (χ0) is 16.4. The van der Waals surface area contributed by atoms with Gasteiger partial charge in [-0.3, -0.25) is 14.9 Å². The summed E-state index contributed by atoms with van der Waals surface area (Å²) >= 11 is 0. The molecule has 0 radical (unpaired) electrons. The summed E-state index contributed by atoms with van der Waals surface area (Å²) in [7, 11) is 1.51. The first-order valence-electron chi connectivity index (χ1n) is 8.49. The number of hydrogen-bond acceptors (Lipinski definition) is 5. The third-order valence-corrected chi connectivity index (χ3v) is 8.14. The van der Waals surface area contributed by atoms with Crippen LogP contribution < -0.4 is 0 Å². The van der Waals surface area contributed by atoms with Gasteiger partial charge in [0.15, 0.2) is 0 Å². The molecule has 0 heterocycles. The number of non-ortho nitro benzene ring substituents is 1. The number of hydrogen-bond donors (Lipinski definition) is 0. The average Bonchev–Trinajstić information content (AvgIpc) is 2.61. The minimum atomic E-state index is -0.392. The number of methoxy groups -OCH3 is 1. The average molecular weight is 327 g/mol. The van der Waals surface area contributed by atoms with Crippen molar-refractivity contribution in [1.82, 2.24) is 0 Å². The van der Waals surface area contributed by atoms with Gasteiger partial charge in [-0.05, 0) is 53.2 Å². The molecule has 6 aliphatic rings. The highest BCUT2D eigenvalue weighted by Crippen LogP contribution is 3.10. The second-order valence-corrected chi connectivity index (χ2v) is 8.11. The third-order valence-electron chi connectivity index (χ3n) is 8.14. The van der Waals surface area contributed by atoms with E-state index in [0.29, 0.717) is 47.5 Å². The van der Waals surface area contributed by atoms with Crippen LogP contribution in [0, 0.1) is 56.5 Å². The summed E-state index contributed by atoms with van der Waals surface area (Å²) in [6, 6.07) is 6.54. The molecule has 0 amide bonds. The van der Waals surface area contributed by atoms with Crippen molar-refractivity contribution in [1.29, 1.82) is 0 Å². The van der Waals surface area contributed by atoms with Crippen LogP contribution in [0.25, 0.3) is 0 Å². The fourth-order valence-corrected chi connectivity index (χ4v) is 7.68. The number of carbonyl (C=O) groups excluding carboxylic acids is 1. The third kappa shape index (κ3) is 0.960. The fourth-order valence-electron chi connectivity index (χ4n) is 7.68. The van der Waals surface area contributed by atoms with Gasteiger partial charge >= 0.3 is 5.97 Å². The van der Waals surface area contributed by atoms with Crippen LogP contribution in [-0.4, -0.2) is 24.6 Å². The molecule has 6 fully saturated rings. The predicted octanol–water partition coefficient (Wildman–Crippen LogP) is 2.02. The molecule has 0 N–H and O–H groups in total. The topological polar surface area (TPSA) is 78.7 Å². The Bertz CT molecular complexity index is 747. The largest absolute Gasteiger partial charge is 0.469 e. The lowest BCUT2D eigenvalue weighted by Gasteiger charge is -3.10. The molecular weight excluding hydrogens is 310 g/mol. The number of esters is 1. The van der Waals surface area contributed by atoms with Crippen LogP contribution in [0.2, 0.25) is 0 Å². The summed E-state index contributed by atoms with van der Waals surface area (Å²) in [5.74, 6) is 3.83. The van der Waals surface area contributed by atoms with Gasteiger partial charge in [-0.15, -0.1) is 0 Å². The van der Waals surface area contributed by atoms with E-state index in [9.17, 15) is 14.9 Å². The van der Waals surface area contributed by atoms with Crippen LogP contribution in [0.3, 0.4) is 0 Å². The van der Waals surface area contributed by atoms with Crippen LogP contribution in [0.1, 0.15) is 5.56 Å². The summed E-state index contributed by atoms with van der Waals surface area (Å²) in [6.45, 7) is 1.26. The highest BCUT2D eigenvalue weighted by Gasteiger charge is 3.11. The van der Waals surface area contributed by atoms with Crippen molar-refractivity contribution in [3.05, 3.63) is 39.9 Å². The van der Waals surface area contributed by atoms with Crippen molar-refractivity contribution in [3.63, 3.8) is 0 Å².